The molecule has 6 heteroatoms. The summed E-state index contributed by atoms with van der Waals surface area (Å²) in [7, 11) is 0. The van der Waals surface area contributed by atoms with Gasteiger partial charge in [0.1, 0.15) is 0 Å². The van der Waals surface area contributed by atoms with Gasteiger partial charge in [0, 0.05) is 12.6 Å². The molecule has 1 saturated heterocycles. The minimum Gasteiger partial charge on any atom is -0.479 e. The van der Waals surface area contributed by atoms with Gasteiger partial charge in [-0.3, -0.25) is 0 Å². The third-order valence-corrected chi connectivity index (χ3v) is 4.24. The Hall–Kier alpha value is -1.30. The summed E-state index contributed by atoms with van der Waals surface area (Å²) in [6, 6.07) is 0.0548. The fraction of sp³-hybridized carbons (Fsp3) is 0.846. The first-order valence-electron chi connectivity index (χ1n) is 7.05. The topological polar surface area (TPSA) is 89.9 Å². The average molecular weight is 270 g/mol. The van der Waals surface area contributed by atoms with Crippen LogP contribution in [0.4, 0.5) is 4.79 Å². The van der Waals surface area contributed by atoms with Gasteiger partial charge in [0.2, 0.25) is 0 Å². The molecule has 6 nitrogen and oxygen atoms in total. The number of hydrogen-bond acceptors (Lipinski definition) is 3. The zero-order chi connectivity index (χ0) is 13.8. The molecule has 2 amide bonds. The largest absolute Gasteiger partial charge is 0.479 e. The molecule has 2 aliphatic rings. The van der Waals surface area contributed by atoms with Crippen molar-refractivity contribution >= 4 is 12.0 Å². The summed E-state index contributed by atoms with van der Waals surface area (Å²) in [4.78, 5) is 24.4. The number of aliphatic carboxylic acids is 1. The van der Waals surface area contributed by atoms with E-state index in [1.54, 1.807) is 0 Å². The molecule has 1 unspecified atom stereocenters. The Morgan fingerprint density at radius 2 is 1.89 bits per heavy atom. The van der Waals surface area contributed by atoms with Crippen molar-refractivity contribution in [2.75, 3.05) is 13.1 Å². The van der Waals surface area contributed by atoms with E-state index in [0.29, 0.717) is 12.0 Å². The number of carboxylic acids is 1. The number of carbonyl (C=O) groups excluding carboxylic acids is 1. The number of likely N-dealkylation sites (tertiary alicyclic amines) is 1. The highest BCUT2D eigenvalue weighted by molar-refractivity contribution is 5.77. The molecule has 1 aliphatic heterocycles. The first kappa shape index (κ1) is 14.1. The summed E-state index contributed by atoms with van der Waals surface area (Å²) in [6.45, 7) is 0.498. The molecule has 0 bridgehead atoms. The van der Waals surface area contributed by atoms with E-state index in [1.165, 1.54) is 25.7 Å². The SMILES string of the molecule is O=C(O)[C@@H](O)CNC(=O)N1CCCC1C1CCCC1. The Labute approximate surface area is 112 Å². The highest BCUT2D eigenvalue weighted by Crippen LogP contribution is 2.35. The number of hydrogen-bond donors (Lipinski definition) is 3. The van der Waals surface area contributed by atoms with E-state index in [9.17, 15) is 9.59 Å². The number of aliphatic hydroxyl groups is 1. The lowest BCUT2D eigenvalue weighted by Crippen LogP contribution is -2.48. The van der Waals surface area contributed by atoms with Crippen molar-refractivity contribution in [3.8, 4) is 0 Å². The molecule has 19 heavy (non-hydrogen) atoms. The van der Waals surface area contributed by atoms with E-state index in [1.807, 2.05) is 4.90 Å². The number of nitrogens with zero attached hydrogens (tertiary/aromatic N) is 1. The van der Waals surface area contributed by atoms with Gasteiger partial charge in [-0.2, -0.15) is 0 Å². The van der Waals surface area contributed by atoms with Crippen LogP contribution in [0.5, 0.6) is 0 Å². The smallest absolute Gasteiger partial charge is 0.334 e. The molecule has 2 rings (SSSR count). The van der Waals surface area contributed by atoms with E-state index in [-0.39, 0.29) is 12.6 Å². The molecule has 108 valence electrons. The van der Waals surface area contributed by atoms with Gasteiger partial charge in [0.15, 0.2) is 6.10 Å². The Balaban J connectivity index is 1.85. The van der Waals surface area contributed by atoms with Crippen LogP contribution in [0.1, 0.15) is 38.5 Å². The number of carbonyl (C=O) groups is 2. The van der Waals surface area contributed by atoms with Gasteiger partial charge in [0.25, 0.3) is 0 Å². The van der Waals surface area contributed by atoms with Crippen molar-refractivity contribution in [1.82, 2.24) is 10.2 Å². The first-order valence-corrected chi connectivity index (χ1v) is 7.05. The second-order valence-electron chi connectivity index (χ2n) is 5.49. The van der Waals surface area contributed by atoms with Crippen molar-refractivity contribution in [2.24, 2.45) is 5.92 Å². The van der Waals surface area contributed by atoms with Crippen molar-refractivity contribution in [3.05, 3.63) is 0 Å². The molecule has 1 saturated carbocycles. The molecule has 1 aliphatic carbocycles. The second kappa shape index (κ2) is 6.23. The minimum atomic E-state index is -1.53. The fourth-order valence-corrected chi connectivity index (χ4v) is 3.25. The Morgan fingerprint density at radius 1 is 1.21 bits per heavy atom. The predicted molar refractivity (Wildman–Crippen MR) is 68.7 cm³/mol. The molecule has 3 N–H and O–H groups in total. The first-order chi connectivity index (χ1) is 9.09. The summed E-state index contributed by atoms with van der Waals surface area (Å²) >= 11 is 0. The molecule has 0 spiro atoms. The maximum atomic E-state index is 12.1. The lowest BCUT2D eigenvalue weighted by atomic mass is 9.96. The van der Waals surface area contributed by atoms with Gasteiger partial charge in [-0.25, -0.2) is 9.59 Å². The van der Waals surface area contributed by atoms with Crippen molar-refractivity contribution < 1.29 is 19.8 Å². The predicted octanol–water partition coefficient (Wildman–Crippen LogP) is 0.796. The number of urea groups is 1. The maximum Gasteiger partial charge on any atom is 0.334 e. The molecular formula is C13H22N2O4. The van der Waals surface area contributed by atoms with Crippen LogP contribution in [0.15, 0.2) is 0 Å². The molecule has 0 aromatic carbocycles. The second-order valence-corrected chi connectivity index (χ2v) is 5.49. The lowest BCUT2D eigenvalue weighted by Gasteiger charge is -2.29. The van der Waals surface area contributed by atoms with Gasteiger partial charge < -0.3 is 20.4 Å². The Bertz CT molecular complexity index is 342. The van der Waals surface area contributed by atoms with Crippen LogP contribution in [-0.4, -0.2) is 52.3 Å². The highest BCUT2D eigenvalue weighted by Gasteiger charge is 2.35. The molecule has 2 atom stereocenters. The molecule has 0 aromatic rings. The van der Waals surface area contributed by atoms with E-state index in [0.717, 1.165) is 19.4 Å². The van der Waals surface area contributed by atoms with Gasteiger partial charge in [-0.05, 0) is 31.6 Å². The molecule has 2 fully saturated rings. The van der Waals surface area contributed by atoms with Crippen LogP contribution in [0.25, 0.3) is 0 Å². The van der Waals surface area contributed by atoms with Crippen LogP contribution in [0, 0.1) is 5.92 Å². The fourth-order valence-electron chi connectivity index (χ4n) is 3.25. The number of rotatable bonds is 4. The Kier molecular flexibility index (Phi) is 4.63. The van der Waals surface area contributed by atoms with Crippen LogP contribution >= 0.6 is 0 Å². The van der Waals surface area contributed by atoms with Crippen molar-refractivity contribution in [1.29, 1.82) is 0 Å². The van der Waals surface area contributed by atoms with Gasteiger partial charge in [-0.1, -0.05) is 12.8 Å². The normalized spacial score (nSPS) is 25.5. The summed E-state index contributed by atoms with van der Waals surface area (Å²) in [5.74, 6) is -0.716. The lowest BCUT2D eigenvalue weighted by molar-refractivity contribution is -0.146. The maximum absolute atomic E-state index is 12.1. The van der Waals surface area contributed by atoms with Crippen LogP contribution in [0.3, 0.4) is 0 Å². The molecule has 0 aromatic heterocycles. The third-order valence-electron chi connectivity index (χ3n) is 4.24. The van der Waals surface area contributed by atoms with E-state index in [4.69, 9.17) is 10.2 Å². The van der Waals surface area contributed by atoms with Crippen LogP contribution in [-0.2, 0) is 4.79 Å². The molecule has 0 radical (unpaired) electrons. The van der Waals surface area contributed by atoms with Gasteiger partial charge in [-0.15, -0.1) is 0 Å². The molecular weight excluding hydrogens is 248 g/mol. The number of aliphatic hydroxyl groups excluding tert-OH is 1. The summed E-state index contributed by atoms with van der Waals surface area (Å²) in [6.07, 6.45) is 5.38. The van der Waals surface area contributed by atoms with Crippen molar-refractivity contribution in [2.45, 2.75) is 50.7 Å². The molecule has 1 heterocycles. The number of carboxylic acid groups (broad SMARTS) is 1. The average Bonchev–Trinajstić information content (AvgIpc) is 3.04. The summed E-state index contributed by atoms with van der Waals surface area (Å²) in [5, 5.41) is 20.2. The third kappa shape index (κ3) is 3.37. The zero-order valence-electron chi connectivity index (χ0n) is 11.0. The van der Waals surface area contributed by atoms with E-state index >= 15 is 0 Å². The van der Waals surface area contributed by atoms with E-state index in [2.05, 4.69) is 5.32 Å². The zero-order valence-corrected chi connectivity index (χ0v) is 11.0. The van der Waals surface area contributed by atoms with Gasteiger partial charge in [0.05, 0.1) is 6.54 Å². The monoisotopic (exact) mass is 270 g/mol. The number of nitrogens with one attached hydrogen (secondary N) is 1. The summed E-state index contributed by atoms with van der Waals surface area (Å²) < 4.78 is 0. The quantitative estimate of drug-likeness (QED) is 0.704. The van der Waals surface area contributed by atoms with E-state index < -0.39 is 12.1 Å². The Morgan fingerprint density at radius 3 is 2.53 bits per heavy atom. The van der Waals surface area contributed by atoms with Crippen LogP contribution < -0.4 is 5.32 Å². The minimum absolute atomic E-state index is 0.234. The van der Waals surface area contributed by atoms with Crippen LogP contribution in [0.2, 0.25) is 0 Å². The van der Waals surface area contributed by atoms with Gasteiger partial charge >= 0.3 is 12.0 Å². The number of amides is 2. The van der Waals surface area contributed by atoms with Crippen molar-refractivity contribution in [3.63, 3.8) is 0 Å². The summed E-state index contributed by atoms with van der Waals surface area (Å²) in [5.41, 5.74) is 0. The standard InChI is InChI=1S/C13H22N2O4/c16-11(12(17)18)8-14-13(19)15-7-3-6-10(15)9-4-1-2-5-9/h9-11,16H,1-8H2,(H,14,19)(H,17,18)/t10?,11-/m0/s1. The highest BCUT2D eigenvalue weighted by atomic mass is 16.4.